The summed E-state index contributed by atoms with van der Waals surface area (Å²) in [5, 5.41) is 18.3. The first-order valence-electron chi connectivity index (χ1n) is 12.2. The van der Waals surface area contributed by atoms with Crippen molar-refractivity contribution in [3.63, 3.8) is 0 Å². The van der Waals surface area contributed by atoms with Crippen LogP contribution in [-0.2, 0) is 16.6 Å². The number of aliphatic hydroxyl groups excluding tert-OH is 1. The molecule has 0 aliphatic heterocycles. The van der Waals surface area contributed by atoms with Crippen LogP contribution in [0.5, 0.6) is 5.75 Å². The van der Waals surface area contributed by atoms with Gasteiger partial charge in [0.05, 0.1) is 0 Å². The summed E-state index contributed by atoms with van der Waals surface area (Å²) in [5.74, 6) is 0.277. The van der Waals surface area contributed by atoms with E-state index in [1.54, 1.807) is 24.0 Å². The zero-order valence-electron chi connectivity index (χ0n) is 21.7. The van der Waals surface area contributed by atoms with Crippen molar-refractivity contribution in [2.75, 3.05) is 18.1 Å². The molecule has 0 fully saturated rings. The normalized spacial score (nSPS) is 11.3. The molecule has 190 valence electrons. The Morgan fingerprint density at radius 2 is 1.56 bits per heavy atom. The number of amides is 1. The second kappa shape index (κ2) is 11.4. The highest BCUT2D eigenvalue weighted by atomic mass is 16.7. The van der Waals surface area contributed by atoms with Gasteiger partial charge in [0.2, 0.25) is 5.91 Å². The summed E-state index contributed by atoms with van der Waals surface area (Å²) in [7, 11) is 0. The Morgan fingerprint density at radius 3 is 2.11 bits per heavy atom. The van der Waals surface area contributed by atoms with Gasteiger partial charge in [-0.15, -0.1) is 0 Å². The zero-order chi connectivity index (χ0) is 26.5. The van der Waals surface area contributed by atoms with Gasteiger partial charge in [-0.3, -0.25) is 4.79 Å². The van der Waals surface area contributed by atoms with E-state index in [0.29, 0.717) is 13.0 Å². The van der Waals surface area contributed by atoms with Crippen molar-refractivity contribution < 1.29 is 24.5 Å². The molecule has 0 saturated carbocycles. The number of anilines is 1. The van der Waals surface area contributed by atoms with Crippen LogP contribution >= 0.6 is 0 Å². The van der Waals surface area contributed by atoms with E-state index in [-0.39, 0.29) is 23.7 Å². The lowest BCUT2D eigenvalue weighted by Crippen LogP contribution is -2.30. The van der Waals surface area contributed by atoms with Crippen molar-refractivity contribution in [3.05, 3.63) is 71.8 Å². The van der Waals surface area contributed by atoms with Crippen LogP contribution in [0, 0.1) is 0 Å². The molecule has 3 rings (SSSR count). The maximum Gasteiger partial charge on any atom is 0.511 e. The molecule has 3 aromatic carbocycles. The maximum absolute atomic E-state index is 12.3. The summed E-state index contributed by atoms with van der Waals surface area (Å²) < 4.78 is 4.73. The standard InChI is InChI=1S/C30H35NO5/c1-6-31(20(2)33)28-16-13-24(19-27(28)30(3,4)5)26-18-23(10-9-22(26)8-7-17-32)21-11-14-25(15-12-21)36-29(34)35/h9-16,18-19,32H,6-8,17H2,1-5H3,(H,34,35). The molecule has 3 aromatic rings. The summed E-state index contributed by atoms with van der Waals surface area (Å²) in [6.07, 6.45) is 0.0486. The fourth-order valence-electron chi connectivity index (χ4n) is 4.43. The molecule has 0 heterocycles. The molecule has 0 bridgehead atoms. The Balaban J connectivity index is 2.14. The first-order valence-corrected chi connectivity index (χ1v) is 12.2. The predicted molar refractivity (Wildman–Crippen MR) is 144 cm³/mol. The molecule has 6 nitrogen and oxygen atoms in total. The Bertz CT molecular complexity index is 1230. The number of aliphatic hydroxyl groups is 1. The molecule has 0 aliphatic rings. The van der Waals surface area contributed by atoms with Crippen LogP contribution < -0.4 is 9.64 Å². The number of hydrogen-bond donors (Lipinski definition) is 2. The first kappa shape index (κ1) is 27.0. The molecule has 2 N–H and O–H groups in total. The van der Waals surface area contributed by atoms with Gasteiger partial charge >= 0.3 is 6.16 Å². The summed E-state index contributed by atoms with van der Waals surface area (Å²) in [4.78, 5) is 24.9. The minimum absolute atomic E-state index is 0.0108. The van der Waals surface area contributed by atoms with E-state index < -0.39 is 6.16 Å². The number of hydrogen-bond acceptors (Lipinski definition) is 4. The van der Waals surface area contributed by atoms with Crippen molar-refractivity contribution >= 4 is 17.7 Å². The number of carbonyl (C=O) groups excluding carboxylic acids is 1. The molecular weight excluding hydrogens is 454 g/mol. The second-order valence-corrected chi connectivity index (χ2v) is 9.84. The van der Waals surface area contributed by atoms with Gasteiger partial charge in [-0.2, -0.15) is 0 Å². The average Bonchev–Trinajstić information content (AvgIpc) is 2.82. The van der Waals surface area contributed by atoms with Gasteiger partial charge in [0.15, 0.2) is 0 Å². The molecule has 36 heavy (non-hydrogen) atoms. The smallest absolute Gasteiger partial charge is 0.449 e. The first-order chi connectivity index (χ1) is 17.0. The zero-order valence-corrected chi connectivity index (χ0v) is 21.7. The van der Waals surface area contributed by atoms with Gasteiger partial charge in [-0.05, 0) is 88.9 Å². The van der Waals surface area contributed by atoms with Crippen molar-refractivity contribution in [2.45, 2.75) is 52.9 Å². The molecule has 0 radical (unpaired) electrons. The van der Waals surface area contributed by atoms with E-state index in [0.717, 1.165) is 45.5 Å². The third-order valence-electron chi connectivity index (χ3n) is 6.21. The SMILES string of the molecule is CCN(C(C)=O)c1ccc(-c2cc(-c3ccc(OC(=O)O)cc3)ccc2CCCO)cc1C(C)(C)C. The largest absolute Gasteiger partial charge is 0.511 e. The van der Waals surface area contributed by atoms with E-state index in [1.165, 1.54) is 0 Å². The highest BCUT2D eigenvalue weighted by molar-refractivity contribution is 5.93. The van der Waals surface area contributed by atoms with E-state index in [9.17, 15) is 14.7 Å². The number of ether oxygens (including phenoxy) is 1. The van der Waals surface area contributed by atoms with Crippen LogP contribution in [0.3, 0.4) is 0 Å². The number of carbonyl (C=O) groups is 2. The van der Waals surface area contributed by atoms with Gasteiger partial charge in [0.1, 0.15) is 5.75 Å². The van der Waals surface area contributed by atoms with Crippen molar-refractivity contribution in [1.82, 2.24) is 0 Å². The van der Waals surface area contributed by atoms with Crippen LogP contribution in [0.4, 0.5) is 10.5 Å². The van der Waals surface area contributed by atoms with Gasteiger partial charge in [-0.1, -0.05) is 51.1 Å². The van der Waals surface area contributed by atoms with Crippen LogP contribution in [0.15, 0.2) is 60.7 Å². The van der Waals surface area contributed by atoms with Crippen LogP contribution in [0.25, 0.3) is 22.3 Å². The summed E-state index contributed by atoms with van der Waals surface area (Å²) in [6, 6.07) is 19.4. The van der Waals surface area contributed by atoms with E-state index in [1.807, 2.05) is 31.2 Å². The minimum atomic E-state index is -1.34. The quantitative estimate of drug-likeness (QED) is 0.272. The van der Waals surface area contributed by atoms with Crippen LogP contribution in [0.2, 0.25) is 0 Å². The second-order valence-electron chi connectivity index (χ2n) is 9.84. The topological polar surface area (TPSA) is 87.1 Å². The third-order valence-corrected chi connectivity index (χ3v) is 6.21. The average molecular weight is 490 g/mol. The number of aryl methyl sites for hydroxylation is 1. The van der Waals surface area contributed by atoms with Gasteiger partial charge in [-0.25, -0.2) is 4.79 Å². The molecule has 0 saturated heterocycles. The molecule has 6 heteroatoms. The fraction of sp³-hybridized carbons (Fsp3) is 0.333. The maximum atomic E-state index is 12.3. The number of nitrogens with zero attached hydrogens (tertiary/aromatic N) is 1. The van der Waals surface area contributed by atoms with Crippen molar-refractivity contribution in [1.29, 1.82) is 0 Å². The molecule has 0 unspecified atom stereocenters. The Labute approximate surface area is 213 Å². The Kier molecular flexibility index (Phi) is 8.53. The number of rotatable bonds is 8. The third kappa shape index (κ3) is 6.32. The lowest BCUT2D eigenvalue weighted by atomic mass is 9.82. The molecule has 0 atom stereocenters. The monoisotopic (exact) mass is 489 g/mol. The Morgan fingerprint density at radius 1 is 0.917 bits per heavy atom. The van der Waals surface area contributed by atoms with Crippen LogP contribution in [0.1, 0.15) is 52.2 Å². The van der Waals surface area contributed by atoms with E-state index in [2.05, 4.69) is 45.0 Å². The number of carboxylic acid groups (broad SMARTS) is 1. The van der Waals surface area contributed by atoms with Gasteiger partial charge in [0, 0.05) is 25.8 Å². The van der Waals surface area contributed by atoms with Crippen LogP contribution in [-0.4, -0.2) is 35.4 Å². The lowest BCUT2D eigenvalue weighted by Gasteiger charge is -2.30. The predicted octanol–water partition coefficient (Wildman–Crippen LogP) is 6.67. The lowest BCUT2D eigenvalue weighted by molar-refractivity contribution is -0.116. The van der Waals surface area contributed by atoms with E-state index >= 15 is 0 Å². The highest BCUT2D eigenvalue weighted by Gasteiger charge is 2.24. The summed E-state index contributed by atoms with van der Waals surface area (Å²) >= 11 is 0. The molecule has 0 aromatic heterocycles. The van der Waals surface area contributed by atoms with E-state index in [4.69, 9.17) is 9.84 Å². The van der Waals surface area contributed by atoms with Crippen molar-refractivity contribution in [3.8, 4) is 28.0 Å². The van der Waals surface area contributed by atoms with Crippen molar-refractivity contribution in [2.24, 2.45) is 0 Å². The summed E-state index contributed by atoms with van der Waals surface area (Å²) in [5.41, 5.74) is 6.98. The number of benzene rings is 3. The highest BCUT2D eigenvalue weighted by Crippen LogP contribution is 2.38. The molecular formula is C30H35NO5. The molecule has 1 amide bonds. The fourth-order valence-corrected chi connectivity index (χ4v) is 4.43. The van der Waals surface area contributed by atoms with Gasteiger partial charge in [0.25, 0.3) is 0 Å². The Hall–Kier alpha value is -3.64. The summed E-state index contributed by atoms with van der Waals surface area (Å²) in [6.45, 7) is 10.7. The van der Waals surface area contributed by atoms with Gasteiger partial charge < -0.3 is 19.8 Å². The minimum Gasteiger partial charge on any atom is -0.449 e. The molecule has 0 spiro atoms. The molecule has 0 aliphatic carbocycles.